The average Bonchev–Trinajstić information content (AvgIpc) is 2.49. The summed E-state index contributed by atoms with van der Waals surface area (Å²) in [5.74, 6) is -1.20. The van der Waals surface area contributed by atoms with Crippen LogP contribution in [0, 0.1) is 0 Å². The van der Waals surface area contributed by atoms with E-state index in [9.17, 15) is 9.90 Å². The van der Waals surface area contributed by atoms with Crippen LogP contribution in [0.3, 0.4) is 0 Å². The topological polar surface area (TPSA) is 68.8 Å². The van der Waals surface area contributed by atoms with Crippen LogP contribution < -0.4 is 5.11 Å². The zero-order valence-electron chi connectivity index (χ0n) is 6.37. The molecule has 0 bridgehead atoms. The lowest BCUT2D eigenvalue weighted by Gasteiger charge is -2.03. The molecule has 0 aliphatic heterocycles. The lowest BCUT2D eigenvalue weighted by molar-refractivity contribution is -0.254. The van der Waals surface area contributed by atoms with E-state index in [0.29, 0.717) is 15.4 Å². The van der Waals surface area contributed by atoms with E-state index < -0.39 is 5.97 Å². The summed E-state index contributed by atoms with van der Waals surface area (Å²) in [5.41, 5.74) is 0.812. The molecule has 5 heteroatoms. The highest BCUT2D eigenvalue weighted by atomic mass is 79.9. The highest BCUT2D eigenvalue weighted by molar-refractivity contribution is 9.10. The number of rotatable bonds is 1. The summed E-state index contributed by atoms with van der Waals surface area (Å²) in [6.45, 7) is 0. The third-order valence-corrected chi connectivity index (χ3v) is 2.20. The predicted octanol–water partition coefficient (Wildman–Crippen LogP) is 0.689. The molecule has 0 radical (unpaired) electrons. The van der Waals surface area contributed by atoms with Gasteiger partial charge in [-0.15, -0.1) is 0 Å². The standard InChI is InChI=1S/C8H5BrN2O2/c9-4-1-5(8(12)13)6-3-10-11-7(6)2-4/h1-3H,(H,10,11)(H,12,13)/p-1. The van der Waals surface area contributed by atoms with Crippen molar-refractivity contribution in [1.82, 2.24) is 10.2 Å². The van der Waals surface area contributed by atoms with Crippen LogP contribution in [0.15, 0.2) is 22.8 Å². The number of fused-ring (bicyclic) bond motifs is 1. The first-order valence-corrected chi connectivity index (χ1v) is 4.32. The van der Waals surface area contributed by atoms with Crippen molar-refractivity contribution >= 4 is 32.8 Å². The largest absolute Gasteiger partial charge is 0.545 e. The quantitative estimate of drug-likeness (QED) is 0.797. The van der Waals surface area contributed by atoms with E-state index in [1.54, 1.807) is 6.07 Å². The zero-order valence-corrected chi connectivity index (χ0v) is 7.96. The molecule has 0 aliphatic carbocycles. The number of benzene rings is 1. The van der Waals surface area contributed by atoms with Gasteiger partial charge in [-0.1, -0.05) is 15.9 Å². The number of carbonyl (C=O) groups is 1. The van der Waals surface area contributed by atoms with Crippen LogP contribution >= 0.6 is 15.9 Å². The summed E-state index contributed by atoms with van der Waals surface area (Å²) in [5, 5.41) is 17.7. The Labute approximate surface area is 81.7 Å². The SMILES string of the molecule is O=C([O-])c1cc(Br)cc2[nH]ncc12. The Morgan fingerprint density at radius 2 is 2.31 bits per heavy atom. The molecule has 0 spiro atoms. The average molecular weight is 240 g/mol. The Kier molecular flexibility index (Phi) is 1.81. The predicted molar refractivity (Wildman–Crippen MR) is 48.1 cm³/mol. The maximum atomic E-state index is 10.7. The molecule has 1 aromatic heterocycles. The first-order chi connectivity index (χ1) is 6.18. The smallest absolute Gasteiger partial charge is 0.0723 e. The van der Waals surface area contributed by atoms with Crippen LogP contribution in [0.4, 0.5) is 0 Å². The van der Waals surface area contributed by atoms with Gasteiger partial charge in [-0.05, 0) is 12.1 Å². The van der Waals surface area contributed by atoms with Crippen LogP contribution in [-0.2, 0) is 0 Å². The first-order valence-electron chi connectivity index (χ1n) is 3.52. The van der Waals surface area contributed by atoms with Gasteiger partial charge in [-0.2, -0.15) is 5.10 Å². The minimum atomic E-state index is -1.20. The summed E-state index contributed by atoms with van der Waals surface area (Å²) >= 11 is 3.20. The van der Waals surface area contributed by atoms with Crippen molar-refractivity contribution in [1.29, 1.82) is 0 Å². The third kappa shape index (κ3) is 1.31. The number of halogens is 1. The zero-order chi connectivity index (χ0) is 9.42. The summed E-state index contributed by atoms with van der Waals surface area (Å²) in [6, 6.07) is 3.25. The van der Waals surface area contributed by atoms with Crippen molar-refractivity contribution < 1.29 is 9.90 Å². The summed E-state index contributed by atoms with van der Waals surface area (Å²) in [4.78, 5) is 10.7. The van der Waals surface area contributed by atoms with Crippen LogP contribution in [0.25, 0.3) is 10.9 Å². The molecule has 13 heavy (non-hydrogen) atoms. The second-order valence-electron chi connectivity index (χ2n) is 2.57. The molecule has 0 aliphatic rings. The number of aromatic carboxylic acids is 1. The van der Waals surface area contributed by atoms with Gasteiger partial charge in [-0.25, -0.2) is 0 Å². The number of hydrogen-bond donors (Lipinski definition) is 1. The van der Waals surface area contributed by atoms with Gasteiger partial charge < -0.3 is 9.90 Å². The molecule has 0 amide bonds. The van der Waals surface area contributed by atoms with E-state index in [-0.39, 0.29) is 5.56 Å². The highest BCUT2D eigenvalue weighted by Crippen LogP contribution is 2.21. The molecular formula is C8H4BrN2O2-. The van der Waals surface area contributed by atoms with Gasteiger partial charge in [0.05, 0.1) is 17.7 Å². The van der Waals surface area contributed by atoms with E-state index in [0.717, 1.165) is 0 Å². The van der Waals surface area contributed by atoms with Crippen molar-refractivity contribution in [3.63, 3.8) is 0 Å². The van der Waals surface area contributed by atoms with E-state index in [2.05, 4.69) is 26.1 Å². The van der Waals surface area contributed by atoms with E-state index in [1.807, 2.05) is 0 Å². The molecule has 0 unspecified atom stereocenters. The molecular weight excluding hydrogens is 236 g/mol. The monoisotopic (exact) mass is 239 g/mol. The van der Waals surface area contributed by atoms with Gasteiger partial charge in [0, 0.05) is 15.4 Å². The molecule has 2 rings (SSSR count). The number of nitrogens with zero attached hydrogens (tertiary/aromatic N) is 1. The van der Waals surface area contributed by atoms with Crippen LogP contribution in [-0.4, -0.2) is 16.2 Å². The molecule has 2 aromatic rings. The highest BCUT2D eigenvalue weighted by Gasteiger charge is 2.04. The Morgan fingerprint density at radius 1 is 1.54 bits per heavy atom. The molecule has 1 aromatic carbocycles. The van der Waals surface area contributed by atoms with Gasteiger partial charge in [0.2, 0.25) is 0 Å². The molecule has 66 valence electrons. The Balaban J connectivity index is 2.84. The molecule has 0 fully saturated rings. The van der Waals surface area contributed by atoms with Gasteiger partial charge >= 0.3 is 0 Å². The summed E-state index contributed by atoms with van der Waals surface area (Å²) in [6.07, 6.45) is 1.47. The number of H-pyrrole nitrogens is 1. The van der Waals surface area contributed by atoms with Crippen LogP contribution in [0.1, 0.15) is 10.4 Å². The van der Waals surface area contributed by atoms with E-state index >= 15 is 0 Å². The van der Waals surface area contributed by atoms with Gasteiger partial charge in [-0.3, -0.25) is 5.10 Å². The molecule has 0 saturated carbocycles. The fourth-order valence-corrected chi connectivity index (χ4v) is 1.64. The number of hydrogen-bond acceptors (Lipinski definition) is 3. The van der Waals surface area contributed by atoms with E-state index in [1.165, 1.54) is 12.3 Å². The van der Waals surface area contributed by atoms with Crippen molar-refractivity contribution in [3.8, 4) is 0 Å². The van der Waals surface area contributed by atoms with Gasteiger partial charge in [0.15, 0.2) is 0 Å². The van der Waals surface area contributed by atoms with Crippen molar-refractivity contribution in [2.24, 2.45) is 0 Å². The molecule has 0 saturated heterocycles. The van der Waals surface area contributed by atoms with Crippen molar-refractivity contribution in [2.45, 2.75) is 0 Å². The fraction of sp³-hybridized carbons (Fsp3) is 0. The second kappa shape index (κ2) is 2.85. The van der Waals surface area contributed by atoms with E-state index in [4.69, 9.17) is 0 Å². The minimum absolute atomic E-state index is 0.137. The lowest BCUT2D eigenvalue weighted by atomic mass is 10.1. The number of carbonyl (C=O) groups excluding carboxylic acids is 1. The van der Waals surface area contributed by atoms with Crippen LogP contribution in [0.2, 0.25) is 0 Å². The number of aromatic amines is 1. The third-order valence-electron chi connectivity index (χ3n) is 1.74. The molecule has 1 N–H and O–H groups in total. The molecule has 0 atom stereocenters. The van der Waals surface area contributed by atoms with Crippen LogP contribution in [0.5, 0.6) is 0 Å². The number of aromatic nitrogens is 2. The normalized spacial score (nSPS) is 10.5. The first kappa shape index (κ1) is 8.25. The number of nitrogens with one attached hydrogen (secondary N) is 1. The second-order valence-corrected chi connectivity index (χ2v) is 3.49. The Morgan fingerprint density at radius 3 is 3.00 bits per heavy atom. The Hall–Kier alpha value is -1.36. The van der Waals surface area contributed by atoms with Crippen molar-refractivity contribution in [2.75, 3.05) is 0 Å². The van der Waals surface area contributed by atoms with Crippen molar-refractivity contribution in [3.05, 3.63) is 28.4 Å². The summed E-state index contributed by atoms with van der Waals surface area (Å²) in [7, 11) is 0. The number of carboxylic acid groups (broad SMARTS) is 1. The molecule has 1 heterocycles. The number of carboxylic acids is 1. The fourth-order valence-electron chi connectivity index (χ4n) is 1.18. The molecule has 4 nitrogen and oxygen atoms in total. The maximum absolute atomic E-state index is 10.7. The summed E-state index contributed by atoms with van der Waals surface area (Å²) < 4.78 is 0.684. The maximum Gasteiger partial charge on any atom is 0.0723 e. The van der Waals surface area contributed by atoms with Gasteiger partial charge in [0.25, 0.3) is 0 Å². The lowest BCUT2D eigenvalue weighted by Crippen LogP contribution is -2.22. The Bertz CT molecular complexity index is 478. The minimum Gasteiger partial charge on any atom is -0.545 e. The van der Waals surface area contributed by atoms with Gasteiger partial charge in [0.1, 0.15) is 0 Å².